The summed E-state index contributed by atoms with van der Waals surface area (Å²) in [6.45, 7) is 0.510. The number of nitrogens with zero attached hydrogens (tertiary/aromatic N) is 4. The zero-order valence-corrected chi connectivity index (χ0v) is 18.1. The number of H-pyrrole nitrogens is 1. The first-order valence-corrected chi connectivity index (χ1v) is 10.9. The monoisotopic (exact) mass is 447 g/mol. The van der Waals surface area contributed by atoms with E-state index >= 15 is 0 Å². The number of piperidine rings is 1. The molecule has 1 amide bonds. The SMILES string of the molecule is Cn1cc(-c2ccc(F)c(C(=O)N3CCCCC3c3nc(-c4cccc(F)c4)c[nH]3)c2)cn1. The average Bonchev–Trinajstić information content (AvgIpc) is 3.49. The molecule has 4 aromatic rings. The van der Waals surface area contributed by atoms with Crippen molar-refractivity contribution in [3.8, 4) is 22.4 Å². The molecule has 0 bridgehead atoms. The van der Waals surface area contributed by atoms with Gasteiger partial charge >= 0.3 is 0 Å². The molecule has 3 heterocycles. The van der Waals surface area contributed by atoms with Crippen molar-refractivity contribution < 1.29 is 13.6 Å². The van der Waals surface area contributed by atoms with Crippen LogP contribution in [-0.4, -0.2) is 37.1 Å². The van der Waals surface area contributed by atoms with E-state index in [0.717, 1.165) is 24.0 Å². The topological polar surface area (TPSA) is 66.8 Å². The normalized spacial score (nSPS) is 16.2. The molecule has 168 valence electrons. The lowest BCUT2D eigenvalue weighted by Gasteiger charge is -2.34. The lowest BCUT2D eigenvalue weighted by molar-refractivity contribution is 0.0596. The van der Waals surface area contributed by atoms with Crippen molar-refractivity contribution in [3.05, 3.63) is 84.1 Å². The fourth-order valence-corrected chi connectivity index (χ4v) is 4.36. The molecule has 0 aliphatic carbocycles. The van der Waals surface area contributed by atoms with Gasteiger partial charge in [-0.2, -0.15) is 5.10 Å². The number of amides is 1. The largest absolute Gasteiger partial charge is 0.346 e. The van der Waals surface area contributed by atoms with Crippen molar-refractivity contribution in [1.29, 1.82) is 0 Å². The highest BCUT2D eigenvalue weighted by Crippen LogP contribution is 2.33. The Balaban J connectivity index is 1.45. The van der Waals surface area contributed by atoms with Crippen LogP contribution in [0.25, 0.3) is 22.4 Å². The number of rotatable bonds is 4. The molecule has 33 heavy (non-hydrogen) atoms. The van der Waals surface area contributed by atoms with Crippen LogP contribution in [-0.2, 0) is 7.05 Å². The van der Waals surface area contributed by atoms with Crippen LogP contribution in [0.4, 0.5) is 8.78 Å². The predicted molar refractivity (Wildman–Crippen MR) is 120 cm³/mol. The summed E-state index contributed by atoms with van der Waals surface area (Å²) in [5, 5.41) is 4.16. The smallest absolute Gasteiger partial charge is 0.257 e. The van der Waals surface area contributed by atoms with Gasteiger partial charge in [-0.1, -0.05) is 18.2 Å². The van der Waals surface area contributed by atoms with Gasteiger partial charge in [-0.15, -0.1) is 0 Å². The number of hydrogen-bond acceptors (Lipinski definition) is 3. The summed E-state index contributed by atoms with van der Waals surface area (Å²) < 4.78 is 30.1. The summed E-state index contributed by atoms with van der Waals surface area (Å²) in [6, 6.07) is 10.5. The fraction of sp³-hybridized carbons (Fsp3) is 0.240. The van der Waals surface area contributed by atoms with E-state index in [9.17, 15) is 13.6 Å². The number of likely N-dealkylation sites (tertiary alicyclic amines) is 1. The minimum atomic E-state index is -0.558. The Morgan fingerprint density at radius 2 is 1.97 bits per heavy atom. The quantitative estimate of drug-likeness (QED) is 0.472. The first-order valence-electron chi connectivity index (χ1n) is 10.9. The molecule has 1 atom stereocenters. The van der Waals surface area contributed by atoms with Crippen molar-refractivity contribution in [2.75, 3.05) is 6.54 Å². The summed E-state index contributed by atoms with van der Waals surface area (Å²) in [4.78, 5) is 23.0. The Labute approximate surface area is 189 Å². The number of halogens is 2. The number of carbonyl (C=O) groups is 1. The van der Waals surface area contributed by atoms with Gasteiger partial charge in [0.25, 0.3) is 5.91 Å². The van der Waals surface area contributed by atoms with E-state index < -0.39 is 5.82 Å². The Hall–Kier alpha value is -3.81. The molecule has 0 saturated carbocycles. The summed E-state index contributed by atoms with van der Waals surface area (Å²) in [7, 11) is 1.80. The highest BCUT2D eigenvalue weighted by atomic mass is 19.1. The van der Waals surface area contributed by atoms with E-state index in [1.807, 2.05) is 6.20 Å². The van der Waals surface area contributed by atoms with Gasteiger partial charge in [-0.3, -0.25) is 9.48 Å². The van der Waals surface area contributed by atoms with Crippen LogP contribution >= 0.6 is 0 Å². The maximum atomic E-state index is 14.8. The van der Waals surface area contributed by atoms with Gasteiger partial charge < -0.3 is 9.88 Å². The van der Waals surface area contributed by atoms with Crippen LogP contribution in [0.15, 0.2) is 61.1 Å². The fourth-order valence-electron chi connectivity index (χ4n) is 4.36. The number of nitrogens with one attached hydrogen (secondary N) is 1. The second kappa shape index (κ2) is 8.61. The van der Waals surface area contributed by atoms with Crippen LogP contribution in [0, 0.1) is 11.6 Å². The van der Waals surface area contributed by atoms with Gasteiger partial charge in [0.05, 0.1) is 23.5 Å². The third-order valence-corrected chi connectivity index (χ3v) is 6.03. The zero-order chi connectivity index (χ0) is 22.9. The van der Waals surface area contributed by atoms with Crippen LogP contribution in [0.2, 0.25) is 0 Å². The maximum absolute atomic E-state index is 14.8. The Morgan fingerprint density at radius 1 is 1.09 bits per heavy atom. The van der Waals surface area contributed by atoms with E-state index in [4.69, 9.17) is 0 Å². The highest BCUT2D eigenvalue weighted by Gasteiger charge is 2.32. The predicted octanol–water partition coefficient (Wildman–Crippen LogP) is 5.12. The van der Waals surface area contributed by atoms with Gasteiger partial charge in [0.15, 0.2) is 0 Å². The Kier molecular flexibility index (Phi) is 5.50. The number of carbonyl (C=O) groups excluding carboxylic acids is 1. The van der Waals surface area contributed by atoms with Crippen molar-refractivity contribution in [1.82, 2.24) is 24.6 Å². The number of aromatic amines is 1. The Morgan fingerprint density at radius 3 is 2.76 bits per heavy atom. The van der Waals surface area contributed by atoms with E-state index in [1.165, 1.54) is 18.2 Å². The van der Waals surface area contributed by atoms with E-state index in [-0.39, 0.29) is 23.3 Å². The van der Waals surface area contributed by atoms with Gasteiger partial charge in [0, 0.05) is 37.1 Å². The minimum Gasteiger partial charge on any atom is -0.346 e. The highest BCUT2D eigenvalue weighted by molar-refractivity contribution is 5.96. The average molecular weight is 447 g/mol. The lowest BCUT2D eigenvalue weighted by Crippen LogP contribution is -2.39. The minimum absolute atomic E-state index is 0.0279. The Bertz CT molecular complexity index is 1310. The molecule has 1 aliphatic rings. The van der Waals surface area contributed by atoms with E-state index in [2.05, 4.69) is 15.1 Å². The number of imidazole rings is 1. The number of aromatic nitrogens is 4. The summed E-state index contributed by atoms with van der Waals surface area (Å²) >= 11 is 0. The van der Waals surface area contributed by atoms with E-state index in [1.54, 1.807) is 53.3 Å². The summed E-state index contributed by atoms with van der Waals surface area (Å²) in [6.07, 6.45) is 7.70. The molecule has 1 aliphatic heterocycles. The van der Waals surface area contributed by atoms with Crippen LogP contribution in [0.1, 0.15) is 41.5 Å². The number of aryl methyl sites for hydroxylation is 1. The van der Waals surface area contributed by atoms with Crippen molar-refractivity contribution in [2.45, 2.75) is 25.3 Å². The molecule has 1 saturated heterocycles. The second-order valence-electron chi connectivity index (χ2n) is 8.29. The summed E-state index contributed by atoms with van der Waals surface area (Å²) in [5.41, 5.74) is 2.83. The molecule has 8 heteroatoms. The molecular weight excluding hydrogens is 424 g/mol. The van der Waals surface area contributed by atoms with Gasteiger partial charge in [0.1, 0.15) is 17.5 Å². The molecule has 1 N–H and O–H groups in total. The van der Waals surface area contributed by atoms with Crippen molar-refractivity contribution in [3.63, 3.8) is 0 Å². The third kappa shape index (κ3) is 4.16. The van der Waals surface area contributed by atoms with E-state index in [0.29, 0.717) is 30.0 Å². The summed E-state index contributed by atoms with van der Waals surface area (Å²) in [5.74, 6) is -0.648. The standard InChI is InChI=1S/C25H23F2N5O/c1-31-15-18(13-29-31)16-8-9-21(27)20(12-16)25(33)32-10-3-2-7-23(32)24-28-14-22(30-24)17-5-4-6-19(26)11-17/h4-6,8-9,11-15,23H,2-3,7,10H2,1H3,(H,28,30). The van der Waals surface area contributed by atoms with Crippen LogP contribution in [0.5, 0.6) is 0 Å². The zero-order valence-electron chi connectivity index (χ0n) is 18.1. The molecule has 5 rings (SSSR count). The van der Waals surface area contributed by atoms with Crippen LogP contribution < -0.4 is 0 Å². The molecule has 0 radical (unpaired) electrons. The van der Waals surface area contributed by atoms with Crippen LogP contribution in [0.3, 0.4) is 0 Å². The lowest BCUT2D eigenvalue weighted by atomic mass is 9.99. The van der Waals surface area contributed by atoms with Crippen molar-refractivity contribution >= 4 is 5.91 Å². The third-order valence-electron chi connectivity index (χ3n) is 6.03. The van der Waals surface area contributed by atoms with Crippen molar-refractivity contribution in [2.24, 2.45) is 7.05 Å². The molecule has 1 unspecified atom stereocenters. The molecule has 0 spiro atoms. The number of benzene rings is 2. The molecule has 2 aromatic heterocycles. The molecule has 1 fully saturated rings. The van der Waals surface area contributed by atoms with Gasteiger partial charge in [-0.25, -0.2) is 13.8 Å². The molecule has 6 nitrogen and oxygen atoms in total. The van der Waals surface area contributed by atoms with Gasteiger partial charge in [0.2, 0.25) is 0 Å². The molecular formula is C25H23F2N5O. The van der Waals surface area contributed by atoms with Gasteiger partial charge in [-0.05, 0) is 49.1 Å². The molecule has 2 aromatic carbocycles. The first kappa shape index (κ1) is 21.1. The maximum Gasteiger partial charge on any atom is 0.257 e. The number of hydrogen-bond donors (Lipinski definition) is 1. The first-order chi connectivity index (χ1) is 16.0. The second-order valence-corrected chi connectivity index (χ2v) is 8.29.